The van der Waals surface area contributed by atoms with E-state index in [1.165, 1.54) is 4.57 Å². The summed E-state index contributed by atoms with van der Waals surface area (Å²) in [6.45, 7) is 11.0. The molecule has 11 nitrogen and oxygen atoms in total. The first kappa shape index (κ1) is 38.2. The number of halogens is 2. The van der Waals surface area contributed by atoms with Crippen molar-refractivity contribution in [2.24, 2.45) is 10.4 Å². The third-order valence-corrected chi connectivity index (χ3v) is 10.2. The van der Waals surface area contributed by atoms with Gasteiger partial charge in [0.25, 0.3) is 0 Å². The van der Waals surface area contributed by atoms with Gasteiger partial charge in [-0.25, -0.2) is 4.79 Å². The molecular formula is C38H49Cl2N9O2. The third kappa shape index (κ3) is 9.65. The molecule has 272 valence electrons. The number of carbonyl (C=O) groups excluding carboxylic acids is 1. The molecule has 1 aromatic heterocycles. The summed E-state index contributed by atoms with van der Waals surface area (Å²) in [7, 11) is 3.74. The van der Waals surface area contributed by atoms with E-state index in [-0.39, 0.29) is 41.2 Å². The molecule has 13 heteroatoms. The molecule has 2 amide bonds. The Balaban J connectivity index is 1.25. The fraction of sp³-hybridized carbons (Fsp3) is 0.447. The second-order valence-corrected chi connectivity index (χ2v) is 15.2. The van der Waals surface area contributed by atoms with E-state index < -0.39 is 0 Å². The van der Waals surface area contributed by atoms with Crippen LogP contribution in [0.4, 0.5) is 4.79 Å². The van der Waals surface area contributed by atoms with Crippen LogP contribution >= 0.6 is 23.2 Å². The summed E-state index contributed by atoms with van der Waals surface area (Å²) in [5, 5.41) is 32.5. The summed E-state index contributed by atoms with van der Waals surface area (Å²) in [6, 6.07) is 14.8. The van der Waals surface area contributed by atoms with E-state index in [0.717, 1.165) is 55.8 Å². The Labute approximate surface area is 310 Å². The van der Waals surface area contributed by atoms with Crippen molar-refractivity contribution in [2.45, 2.75) is 58.6 Å². The van der Waals surface area contributed by atoms with Gasteiger partial charge in [-0.2, -0.15) is 0 Å². The van der Waals surface area contributed by atoms with Crippen LogP contribution in [0.1, 0.15) is 74.3 Å². The highest BCUT2D eigenvalue weighted by Gasteiger charge is 2.29. The smallest absolute Gasteiger partial charge is 0.320 e. The number of pyridine rings is 1. The summed E-state index contributed by atoms with van der Waals surface area (Å²) < 4.78 is 7.96. The number of fused-ring (bicyclic) bond motifs is 1. The Hall–Kier alpha value is -4.03. The van der Waals surface area contributed by atoms with Crippen LogP contribution in [0.25, 0.3) is 0 Å². The second kappa shape index (κ2) is 16.5. The summed E-state index contributed by atoms with van der Waals surface area (Å²) >= 11 is 13.5. The summed E-state index contributed by atoms with van der Waals surface area (Å²) in [6.07, 6.45) is 3.16. The number of likely N-dealkylation sites (N-methyl/N-ethyl adjacent to an activating group) is 1. The molecular weight excluding hydrogens is 685 g/mol. The number of piperazine rings is 1. The van der Waals surface area contributed by atoms with Crippen molar-refractivity contribution in [1.82, 2.24) is 25.0 Å². The first-order valence-corrected chi connectivity index (χ1v) is 18.1. The van der Waals surface area contributed by atoms with Crippen LogP contribution in [-0.2, 0) is 6.54 Å². The number of aliphatic imine (C=N–C) groups is 1. The molecule has 3 aromatic rings. The number of amidine groups is 1. The molecule has 0 radical (unpaired) electrons. The van der Waals surface area contributed by atoms with Gasteiger partial charge in [0.1, 0.15) is 29.0 Å². The lowest BCUT2D eigenvalue weighted by molar-refractivity contribution is 0.148. The maximum Gasteiger partial charge on any atom is 0.320 e. The molecule has 5 rings (SSSR count). The highest BCUT2D eigenvalue weighted by molar-refractivity contribution is 6.40. The standard InChI is InChI=1S/C38H49Cl2N9O2/c1-38(2,3)32(41)20-34(44-4)46-37(50)45-21-25-10-12-31(28-9-7-6-8-27(25)28)51-26-11-13-33(42)49(23-26)36(43)35-29(39)18-24(19-30(35)40)22-48-16-14-47(5)15-17-48/h6-9,11,13,18-19,23,25,31,41-43H,10,12,14-17,20-22H2,1-5H3,(H2,44,45,46,50). The lowest BCUT2D eigenvalue weighted by Gasteiger charge is -2.32. The average molecular weight is 735 g/mol. The Bertz CT molecular complexity index is 1840. The quantitative estimate of drug-likeness (QED) is 0.123. The van der Waals surface area contributed by atoms with Crippen molar-refractivity contribution >= 4 is 46.6 Å². The Kier molecular flexibility index (Phi) is 12.4. The minimum absolute atomic E-state index is 0.00780. The van der Waals surface area contributed by atoms with Crippen molar-refractivity contribution in [3.05, 3.63) is 92.5 Å². The van der Waals surface area contributed by atoms with Crippen LogP contribution in [0.15, 0.2) is 59.7 Å². The molecule has 2 heterocycles. The van der Waals surface area contributed by atoms with Crippen molar-refractivity contribution < 1.29 is 9.53 Å². The molecule has 1 aliphatic carbocycles. The lowest BCUT2D eigenvalue weighted by Crippen LogP contribution is -2.43. The maximum absolute atomic E-state index is 12.8. The normalized spacial score (nSPS) is 18.5. The number of amides is 2. The number of hydrogen-bond acceptors (Lipinski definition) is 8. The Morgan fingerprint density at radius 2 is 1.67 bits per heavy atom. The number of ether oxygens (including phenoxy) is 1. The van der Waals surface area contributed by atoms with Crippen LogP contribution in [0.5, 0.6) is 5.75 Å². The number of hydrogen-bond donors (Lipinski definition) is 5. The fourth-order valence-electron chi connectivity index (χ4n) is 6.40. The van der Waals surface area contributed by atoms with E-state index >= 15 is 0 Å². The van der Waals surface area contributed by atoms with Gasteiger partial charge in [-0.05, 0) is 66.3 Å². The molecule has 2 aromatic carbocycles. The van der Waals surface area contributed by atoms with Crippen LogP contribution in [0.3, 0.4) is 0 Å². The predicted octanol–water partition coefficient (Wildman–Crippen LogP) is 6.68. The van der Waals surface area contributed by atoms with Gasteiger partial charge in [-0.15, -0.1) is 0 Å². The number of nitrogens with one attached hydrogen (secondary N) is 5. The van der Waals surface area contributed by atoms with E-state index in [0.29, 0.717) is 45.9 Å². The number of carbonyl (C=O) groups is 1. The van der Waals surface area contributed by atoms with Gasteiger partial charge in [0.2, 0.25) is 0 Å². The monoisotopic (exact) mass is 733 g/mol. The van der Waals surface area contributed by atoms with Gasteiger partial charge in [-0.3, -0.25) is 30.6 Å². The number of nitrogens with zero attached hydrogens (tertiary/aromatic N) is 4. The topological polar surface area (TPSA) is 146 Å². The van der Waals surface area contributed by atoms with Crippen LogP contribution in [0.2, 0.25) is 10.0 Å². The zero-order chi connectivity index (χ0) is 36.9. The van der Waals surface area contributed by atoms with Crippen LogP contribution in [-0.4, -0.2) is 84.6 Å². The Morgan fingerprint density at radius 3 is 2.31 bits per heavy atom. The molecule has 0 saturated carbocycles. The minimum atomic E-state index is -0.347. The minimum Gasteiger partial charge on any atom is -0.484 e. The van der Waals surface area contributed by atoms with E-state index in [9.17, 15) is 4.79 Å². The van der Waals surface area contributed by atoms with E-state index in [2.05, 4.69) is 38.5 Å². The van der Waals surface area contributed by atoms with Crippen molar-refractivity contribution in [3.8, 4) is 5.75 Å². The number of urea groups is 1. The highest BCUT2D eigenvalue weighted by atomic mass is 35.5. The van der Waals surface area contributed by atoms with Crippen molar-refractivity contribution in [3.63, 3.8) is 0 Å². The first-order valence-electron chi connectivity index (χ1n) is 17.3. The zero-order valence-corrected chi connectivity index (χ0v) is 31.6. The van der Waals surface area contributed by atoms with Crippen molar-refractivity contribution in [1.29, 1.82) is 16.2 Å². The third-order valence-electron chi connectivity index (χ3n) is 9.63. The van der Waals surface area contributed by atoms with Gasteiger partial charge in [0.05, 0.1) is 21.8 Å². The number of aromatic nitrogens is 1. The van der Waals surface area contributed by atoms with E-state index in [1.807, 2.05) is 51.1 Å². The van der Waals surface area contributed by atoms with Gasteiger partial charge >= 0.3 is 6.03 Å². The molecule has 1 fully saturated rings. The molecule has 2 unspecified atom stereocenters. The van der Waals surface area contributed by atoms with Gasteiger partial charge < -0.3 is 20.4 Å². The van der Waals surface area contributed by atoms with E-state index in [1.54, 1.807) is 25.4 Å². The number of rotatable bonds is 9. The van der Waals surface area contributed by atoms with Gasteiger partial charge in [0, 0.05) is 64.4 Å². The molecule has 5 N–H and O–H groups in total. The summed E-state index contributed by atoms with van der Waals surface area (Å²) in [5.74, 6) is 1.04. The first-order chi connectivity index (χ1) is 24.2. The van der Waals surface area contributed by atoms with Crippen LogP contribution in [0, 0.1) is 21.6 Å². The average Bonchev–Trinajstić information content (AvgIpc) is 3.08. The summed E-state index contributed by atoms with van der Waals surface area (Å²) in [5.41, 5.74) is 3.77. The SMILES string of the molecule is CN=C(CC(=N)C(C)(C)C)NC(=O)NCC1CCC(Oc2ccc(=N)n(C(=N)c3c(Cl)cc(CN4CCN(C)CC4)cc3Cl)c2)c2ccccc21. The molecule has 1 aliphatic heterocycles. The largest absolute Gasteiger partial charge is 0.484 e. The van der Waals surface area contributed by atoms with Gasteiger partial charge in [0.15, 0.2) is 0 Å². The van der Waals surface area contributed by atoms with Crippen LogP contribution < -0.4 is 20.9 Å². The molecule has 0 bridgehead atoms. The Morgan fingerprint density at radius 1 is 1.00 bits per heavy atom. The van der Waals surface area contributed by atoms with E-state index in [4.69, 9.17) is 44.2 Å². The van der Waals surface area contributed by atoms with Crippen molar-refractivity contribution in [2.75, 3.05) is 46.8 Å². The summed E-state index contributed by atoms with van der Waals surface area (Å²) in [4.78, 5) is 21.7. The number of benzene rings is 2. The predicted molar refractivity (Wildman–Crippen MR) is 205 cm³/mol. The zero-order valence-electron chi connectivity index (χ0n) is 30.1. The second-order valence-electron chi connectivity index (χ2n) is 14.4. The lowest BCUT2D eigenvalue weighted by atomic mass is 9.81. The molecule has 51 heavy (non-hydrogen) atoms. The molecule has 1 saturated heterocycles. The molecule has 2 atom stereocenters. The maximum atomic E-state index is 12.8. The molecule has 0 spiro atoms. The molecule has 2 aliphatic rings. The fourth-order valence-corrected chi connectivity index (χ4v) is 7.12. The van der Waals surface area contributed by atoms with Gasteiger partial charge in [-0.1, -0.05) is 68.2 Å². The highest BCUT2D eigenvalue weighted by Crippen LogP contribution is 2.39.